The van der Waals surface area contributed by atoms with Crippen molar-refractivity contribution in [3.8, 4) is 17.1 Å². The van der Waals surface area contributed by atoms with Gasteiger partial charge in [0, 0.05) is 31.0 Å². The van der Waals surface area contributed by atoms with Crippen LogP contribution < -0.4 is 0 Å². The highest BCUT2D eigenvalue weighted by Crippen LogP contribution is 2.29. The van der Waals surface area contributed by atoms with E-state index in [4.69, 9.17) is 0 Å². The highest BCUT2D eigenvalue weighted by Gasteiger charge is 2.21. The number of aromatic nitrogens is 4. The summed E-state index contributed by atoms with van der Waals surface area (Å²) in [6, 6.07) is 10.1. The van der Waals surface area contributed by atoms with Crippen molar-refractivity contribution in [1.29, 1.82) is 0 Å². The number of pyridine rings is 1. The van der Waals surface area contributed by atoms with Crippen LogP contribution in [0.15, 0.2) is 53.9 Å². The van der Waals surface area contributed by atoms with E-state index in [-0.39, 0.29) is 17.5 Å². The molecule has 1 aliphatic rings. The zero-order valence-electron chi connectivity index (χ0n) is 15.3. The first-order chi connectivity index (χ1) is 13.7. The molecule has 0 saturated carbocycles. The third-order valence-corrected chi connectivity index (χ3v) is 5.59. The molecule has 28 heavy (non-hydrogen) atoms. The van der Waals surface area contributed by atoms with Crippen LogP contribution in [0.3, 0.4) is 0 Å². The molecular weight excluding hydrogens is 377 g/mol. The molecule has 0 bridgehead atoms. The average molecular weight is 397 g/mol. The summed E-state index contributed by atoms with van der Waals surface area (Å²) < 4.78 is 16.2. The van der Waals surface area contributed by atoms with Gasteiger partial charge in [-0.25, -0.2) is 4.39 Å². The van der Waals surface area contributed by atoms with Crippen LogP contribution >= 0.6 is 11.8 Å². The van der Waals surface area contributed by atoms with E-state index in [9.17, 15) is 9.18 Å². The maximum absolute atomic E-state index is 14.5. The van der Waals surface area contributed by atoms with Crippen LogP contribution in [0, 0.1) is 5.82 Å². The maximum atomic E-state index is 14.5. The molecule has 1 fully saturated rings. The second-order valence-electron chi connectivity index (χ2n) is 6.56. The van der Waals surface area contributed by atoms with Gasteiger partial charge in [0.2, 0.25) is 5.91 Å². The normalized spacial score (nSPS) is 14.2. The van der Waals surface area contributed by atoms with Crippen LogP contribution in [0.5, 0.6) is 0 Å². The summed E-state index contributed by atoms with van der Waals surface area (Å²) >= 11 is 1.28. The van der Waals surface area contributed by atoms with Gasteiger partial charge in [0.25, 0.3) is 0 Å². The van der Waals surface area contributed by atoms with Crippen LogP contribution in [0.2, 0.25) is 0 Å². The number of nitrogens with zero attached hydrogens (tertiary/aromatic N) is 5. The van der Waals surface area contributed by atoms with Crippen molar-refractivity contribution >= 4 is 17.7 Å². The van der Waals surface area contributed by atoms with Gasteiger partial charge in [0.15, 0.2) is 11.0 Å². The van der Waals surface area contributed by atoms with Crippen molar-refractivity contribution in [2.45, 2.75) is 24.4 Å². The Labute approximate surface area is 166 Å². The van der Waals surface area contributed by atoms with Gasteiger partial charge >= 0.3 is 0 Å². The minimum atomic E-state index is -0.378. The molecular formula is C20H20FN5OS. The van der Waals surface area contributed by atoms with E-state index in [2.05, 4.69) is 15.2 Å². The highest BCUT2D eigenvalue weighted by atomic mass is 32.2. The Morgan fingerprint density at radius 1 is 1.07 bits per heavy atom. The van der Waals surface area contributed by atoms with Gasteiger partial charge in [-0.05, 0) is 43.5 Å². The van der Waals surface area contributed by atoms with Gasteiger partial charge in [0.1, 0.15) is 5.82 Å². The van der Waals surface area contributed by atoms with Crippen molar-refractivity contribution < 1.29 is 9.18 Å². The third-order valence-electron chi connectivity index (χ3n) is 4.68. The van der Waals surface area contributed by atoms with E-state index in [0.29, 0.717) is 16.7 Å². The lowest BCUT2D eigenvalue weighted by molar-refractivity contribution is -0.129. The fourth-order valence-electron chi connectivity index (χ4n) is 3.26. The molecule has 0 atom stereocenters. The van der Waals surface area contributed by atoms with Gasteiger partial charge in [-0.1, -0.05) is 23.9 Å². The Morgan fingerprint density at radius 3 is 2.64 bits per heavy atom. The molecule has 0 unspecified atom stereocenters. The van der Waals surface area contributed by atoms with E-state index in [1.807, 2.05) is 11.0 Å². The van der Waals surface area contributed by atoms with Crippen LogP contribution in [0.25, 0.3) is 17.1 Å². The van der Waals surface area contributed by atoms with Crippen LogP contribution in [0.1, 0.15) is 19.3 Å². The summed E-state index contributed by atoms with van der Waals surface area (Å²) in [4.78, 5) is 18.5. The second-order valence-corrected chi connectivity index (χ2v) is 7.51. The summed E-state index contributed by atoms with van der Waals surface area (Å²) in [5.74, 6) is 0.443. The molecule has 0 radical (unpaired) electrons. The number of benzene rings is 1. The topological polar surface area (TPSA) is 63.9 Å². The number of halogens is 1. The predicted octanol–water partition coefficient (Wildman–Crippen LogP) is 3.57. The molecule has 1 aromatic carbocycles. The lowest BCUT2D eigenvalue weighted by Gasteiger charge is -2.26. The van der Waals surface area contributed by atoms with E-state index < -0.39 is 0 Å². The summed E-state index contributed by atoms with van der Waals surface area (Å²) in [5.41, 5.74) is 1.08. The molecule has 6 nitrogen and oxygen atoms in total. The van der Waals surface area contributed by atoms with Crippen molar-refractivity contribution in [3.63, 3.8) is 0 Å². The molecule has 0 spiro atoms. The Hall–Kier alpha value is -2.74. The van der Waals surface area contributed by atoms with Crippen LogP contribution in [-0.4, -0.2) is 49.4 Å². The number of likely N-dealkylation sites (tertiary alicyclic amines) is 1. The second kappa shape index (κ2) is 8.52. The Balaban J connectivity index is 1.65. The minimum absolute atomic E-state index is 0.0794. The van der Waals surface area contributed by atoms with Gasteiger partial charge in [-0.15, -0.1) is 10.2 Å². The molecule has 2 aromatic heterocycles. The SMILES string of the molecule is O=C(CSc1nnc(-c2cccnc2)n1-c1ccccc1F)N1CCCCC1. The van der Waals surface area contributed by atoms with Gasteiger partial charge in [-0.3, -0.25) is 14.3 Å². The number of carbonyl (C=O) groups excluding carboxylic acids is 1. The van der Waals surface area contributed by atoms with E-state index in [1.165, 1.54) is 24.2 Å². The molecule has 1 aliphatic heterocycles. The smallest absolute Gasteiger partial charge is 0.233 e. The number of amides is 1. The molecule has 3 aromatic rings. The summed E-state index contributed by atoms with van der Waals surface area (Å²) in [5, 5.41) is 8.97. The van der Waals surface area contributed by atoms with Crippen molar-refractivity contribution in [1.82, 2.24) is 24.6 Å². The fraction of sp³-hybridized carbons (Fsp3) is 0.300. The summed E-state index contributed by atoms with van der Waals surface area (Å²) in [7, 11) is 0. The van der Waals surface area contributed by atoms with Crippen molar-refractivity contribution in [2.24, 2.45) is 0 Å². The third kappa shape index (κ3) is 3.91. The summed E-state index contributed by atoms with van der Waals surface area (Å²) in [6.07, 6.45) is 6.60. The standard InChI is InChI=1S/C20H20FN5OS/c21-16-8-2-3-9-17(16)26-19(15-7-6-10-22-13-15)23-24-20(26)28-14-18(27)25-11-4-1-5-12-25/h2-3,6-10,13H,1,4-5,11-12,14H2. The Morgan fingerprint density at radius 2 is 1.89 bits per heavy atom. The van der Waals surface area contributed by atoms with E-state index in [1.54, 1.807) is 41.2 Å². The first-order valence-corrected chi connectivity index (χ1v) is 10.2. The number of hydrogen-bond acceptors (Lipinski definition) is 5. The number of piperidine rings is 1. The summed E-state index contributed by atoms with van der Waals surface area (Å²) in [6.45, 7) is 1.61. The lowest BCUT2D eigenvalue weighted by atomic mass is 10.1. The Bertz CT molecular complexity index is 956. The van der Waals surface area contributed by atoms with Gasteiger partial charge in [0.05, 0.1) is 11.4 Å². The number of rotatable bonds is 5. The van der Waals surface area contributed by atoms with Crippen molar-refractivity contribution in [2.75, 3.05) is 18.8 Å². The van der Waals surface area contributed by atoms with Crippen LogP contribution in [-0.2, 0) is 4.79 Å². The molecule has 1 amide bonds. The maximum Gasteiger partial charge on any atom is 0.233 e. The van der Waals surface area contributed by atoms with Gasteiger partial charge in [-0.2, -0.15) is 0 Å². The molecule has 4 rings (SSSR count). The molecule has 144 valence electrons. The first kappa shape index (κ1) is 18.6. The number of para-hydroxylation sites is 1. The number of carbonyl (C=O) groups is 1. The van der Waals surface area contributed by atoms with E-state index >= 15 is 0 Å². The average Bonchev–Trinajstić information content (AvgIpc) is 3.17. The Kier molecular flexibility index (Phi) is 5.66. The number of thioether (sulfide) groups is 1. The molecule has 0 N–H and O–H groups in total. The first-order valence-electron chi connectivity index (χ1n) is 9.25. The quantitative estimate of drug-likeness (QED) is 0.616. The zero-order valence-corrected chi connectivity index (χ0v) is 16.1. The zero-order chi connectivity index (χ0) is 19.3. The lowest BCUT2D eigenvalue weighted by Crippen LogP contribution is -2.36. The molecule has 8 heteroatoms. The van der Waals surface area contributed by atoms with Crippen LogP contribution in [0.4, 0.5) is 4.39 Å². The van der Waals surface area contributed by atoms with E-state index in [0.717, 1.165) is 31.5 Å². The monoisotopic (exact) mass is 397 g/mol. The predicted molar refractivity (Wildman–Crippen MR) is 106 cm³/mol. The molecule has 1 saturated heterocycles. The fourth-order valence-corrected chi connectivity index (χ4v) is 4.10. The molecule has 3 heterocycles. The largest absolute Gasteiger partial charge is 0.342 e. The number of hydrogen-bond donors (Lipinski definition) is 0. The highest BCUT2D eigenvalue weighted by molar-refractivity contribution is 7.99. The minimum Gasteiger partial charge on any atom is -0.342 e. The van der Waals surface area contributed by atoms with Crippen molar-refractivity contribution in [3.05, 3.63) is 54.6 Å². The molecule has 0 aliphatic carbocycles. The van der Waals surface area contributed by atoms with Gasteiger partial charge < -0.3 is 4.90 Å².